The molecule has 2 aromatic carbocycles. The fourth-order valence-electron chi connectivity index (χ4n) is 2.51. The molecule has 10 heteroatoms. The number of sulfonamides is 1. The van der Waals surface area contributed by atoms with Crippen molar-refractivity contribution in [3.8, 4) is 0 Å². The fraction of sp³-hybridized carbons (Fsp3) is 0.176. The van der Waals surface area contributed by atoms with Gasteiger partial charge >= 0.3 is 5.97 Å². The predicted molar refractivity (Wildman–Crippen MR) is 112 cm³/mol. The normalized spacial score (nSPS) is 14.9. The van der Waals surface area contributed by atoms with Crippen LogP contribution in [0.3, 0.4) is 0 Å². The zero-order valence-electron chi connectivity index (χ0n) is 13.9. The Bertz CT molecular complexity index is 987. The van der Waals surface area contributed by atoms with Crippen LogP contribution in [-0.2, 0) is 10.0 Å². The highest BCUT2D eigenvalue weighted by Crippen LogP contribution is 2.24. The first-order chi connectivity index (χ1) is 12.8. The molecular formula is C17H15IN2O5S2. The Morgan fingerprint density at radius 2 is 1.85 bits per heavy atom. The number of nitrogens with zero attached hydrogens (tertiary/aromatic N) is 1. The van der Waals surface area contributed by atoms with Gasteiger partial charge in [-0.2, -0.15) is 4.31 Å². The first kappa shape index (κ1) is 20.1. The van der Waals surface area contributed by atoms with Crippen LogP contribution in [0.25, 0.3) is 0 Å². The number of hydrogen-bond acceptors (Lipinski definition) is 5. The van der Waals surface area contributed by atoms with Gasteiger partial charge in [0.2, 0.25) is 10.0 Å². The lowest BCUT2D eigenvalue weighted by atomic mass is 10.1. The Labute approximate surface area is 174 Å². The first-order valence-corrected chi connectivity index (χ1v) is 11.5. The van der Waals surface area contributed by atoms with Gasteiger partial charge in [0.05, 0.1) is 22.0 Å². The zero-order chi connectivity index (χ0) is 19.6. The molecule has 1 saturated heterocycles. The minimum Gasteiger partial charge on any atom is -0.478 e. The van der Waals surface area contributed by atoms with Gasteiger partial charge in [0.15, 0.2) is 0 Å². The zero-order valence-corrected chi connectivity index (χ0v) is 17.7. The number of rotatable bonds is 5. The second kappa shape index (κ2) is 8.17. The third-order valence-electron chi connectivity index (χ3n) is 3.93. The highest BCUT2D eigenvalue weighted by Gasteiger charge is 2.27. The molecule has 0 aromatic heterocycles. The smallest absolute Gasteiger partial charge is 0.337 e. The van der Waals surface area contributed by atoms with Gasteiger partial charge in [0.1, 0.15) is 0 Å². The van der Waals surface area contributed by atoms with E-state index in [1.165, 1.54) is 40.7 Å². The van der Waals surface area contributed by atoms with Crippen LogP contribution in [0.1, 0.15) is 20.7 Å². The van der Waals surface area contributed by atoms with Crippen molar-refractivity contribution in [1.82, 2.24) is 4.31 Å². The average molecular weight is 518 g/mol. The van der Waals surface area contributed by atoms with E-state index >= 15 is 0 Å². The minimum absolute atomic E-state index is 0.0130. The number of carboxylic acid groups (broad SMARTS) is 1. The quantitative estimate of drug-likeness (QED) is 0.591. The molecule has 1 heterocycles. The molecule has 0 unspecified atom stereocenters. The summed E-state index contributed by atoms with van der Waals surface area (Å²) in [6.07, 6.45) is 0. The largest absolute Gasteiger partial charge is 0.478 e. The number of thioether (sulfide) groups is 1. The lowest BCUT2D eigenvalue weighted by Gasteiger charge is -2.15. The van der Waals surface area contributed by atoms with Crippen LogP contribution in [0, 0.1) is 3.57 Å². The third kappa shape index (κ3) is 4.45. The van der Waals surface area contributed by atoms with Gasteiger partial charge in [-0.25, -0.2) is 13.2 Å². The fourth-order valence-corrected chi connectivity index (χ4v) is 5.82. The van der Waals surface area contributed by atoms with Crippen molar-refractivity contribution in [3.05, 3.63) is 57.2 Å². The van der Waals surface area contributed by atoms with E-state index in [4.69, 9.17) is 0 Å². The molecule has 0 radical (unpaired) electrons. The number of hydrogen-bond donors (Lipinski definition) is 2. The van der Waals surface area contributed by atoms with Crippen molar-refractivity contribution in [1.29, 1.82) is 0 Å². The monoisotopic (exact) mass is 518 g/mol. The SMILES string of the molecule is O=C(Nc1ccc(I)cc1C(=O)O)c1ccc(S(=O)(=O)N2CCSC2)cc1. The molecule has 27 heavy (non-hydrogen) atoms. The maximum atomic E-state index is 12.5. The summed E-state index contributed by atoms with van der Waals surface area (Å²) in [6, 6.07) is 10.3. The molecule has 142 valence electrons. The van der Waals surface area contributed by atoms with Gasteiger partial charge in [-0.3, -0.25) is 4.79 Å². The molecule has 0 spiro atoms. The maximum Gasteiger partial charge on any atom is 0.337 e. The third-order valence-corrected chi connectivity index (χ3v) is 7.59. The van der Waals surface area contributed by atoms with Crippen LogP contribution in [0.15, 0.2) is 47.4 Å². The molecule has 0 atom stereocenters. The van der Waals surface area contributed by atoms with E-state index in [1.54, 1.807) is 17.8 Å². The average Bonchev–Trinajstić information content (AvgIpc) is 3.18. The highest BCUT2D eigenvalue weighted by molar-refractivity contribution is 14.1. The number of carboxylic acids is 1. The van der Waals surface area contributed by atoms with Crippen LogP contribution < -0.4 is 5.32 Å². The Hall–Kier alpha value is -1.63. The van der Waals surface area contributed by atoms with Gasteiger partial charge < -0.3 is 10.4 Å². The molecule has 3 rings (SSSR count). The summed E-state index contributed by atoms with van der Waals surface area (Å²) < 4.78 is 27.1. The van der Waals surface area contributed by atoms with Crippen molar-refractivity contribution in [3.63, 3.8) is 0 Å². The summed E-state index contributed by atoms with van der Waals surface area (Å²) >= 11 is 3.54. The maximum absolute atomic E-state index is 12.5. The molecule has 7 nitrogen and oxygen atoms in total. The number of aromatic carboxylic acids is 1. The van der Waals surface area contributed by atoms with Gasteiger partial charge in [-0.1, -0.05) is 0 Å². The number of halogens is 1. The van der Waals surface area contributed by atoms with Crippen molar-refractivity contribution in [2.45, 2.75) is 4.90 Å². The number of carbonyl (C=O) groups is 2. The van der Waals surface area contributed by atoms with Gasteiger partial charge in [0, 0.05) is 21.4 Å². The topological polar surface area (TPSA) is 104 Å². The van der Waals surface area contributed by atoms with Crippen molar-refractivity contribution >= 4 is 61.9 Å². The molecule has 1 fully saturated rings. The Kier molecular flexibility index (Phi) is 6.08. The van der Waals surface area contributed by atoms with E-state index in [9.17, 15) is 23.1 Å². The highest BCUT2D eigenvalue weighted by atomic mass is 127. The predicted octanol–water partition coefficient (Wildman–Crippen LogP) is 2.94. The van der Waals surface area contributed by atoms with Crippen LogP contribution in [0.4, 0.5) is 5.69 Å². The van der Waals surface area contributed by atoms with Gasteiger partial charge in [-0.05, 0) is 65.1 Å². The Morgan fingerprint density at radius 1 is 1.15 bits per heavy atom. The van der Waals surface area contributed by atoms with Gasteiger partial charge in [0.25, 0.3) is 5.91 Å². The molecule has 0 saturated carbocycles. The van der Waals surface area contributed by atoms with E-state index in [-0.39, 0.29) is 21.7 Å². The molecule has 0 aliphatic carbocycles. The lowest BCUT2D eigenvalue weighted by molar-refractivity contribution is 0.0698. The summed E-state index contributed by atoms with van der Waals surface area (Å²) in [5, 5.41) is 11.8. The summed E-state index contributed by atoms with van der Waals surface area (Å²) in [5.74, 6) is -0.468. The van der Waals surface area contributed by atoms with Crippen LogP contribution in [0.2, 0.25) is 0 Å². The van der Waals surface area contributed by atoms with Crippen molar-refractivity contribution in [2.24, 2.45) is 0 Å². The Balaban J connectivity index is 1.80. The molecular weight excluding hydrogens is 503 g/mol. The van der Waals surface area contributed by atoms with Gasteiger partial charge in [-0.15, -0.1) is 11.8 Å². The van der Waals surface area contributed by atoms with E-state index in [1.807, 2.05) is 22.6 Å². The summed E-state index contributed by atoms with van der Waals surface area (Å²) in [6.45, 7) is 0.472. The first-order valence-electron chi connectivity index (χ1n) is 7.81. The molecule has 0 bridgehead atoms. The second-order valence-electron chi connectivity index (χ2n) is 5.69. The minimum atomic E-state index is -3.56. The molecule has 2 aromatic rings. The number of amides is 1. The molecule has 1 amide bonds. The van der Waals surface area contributed by atoms with Crippen LogP contribution in [-0.4, -0.2) is 47.9 Å². The Morgan fingerprint density at radius 3 is 2.44 bits per heavy atom. The van der Waals surface area contributed by atoms with Crippen LogP contribution in [0.5, 0.6) is 0 Å². The van der Waals surface area contributed by atoms with E-state index in [2.05, 4.69) is 5.32 Å². The standard InChI is InChI=1S/C17H15IN2O5S2/c18-12-3-6-15(14(9-12)17(22)23)19-16(21)11-1-4-13(5-2-11)27(24,25)20-7-8-26-10-20/h1-6,9H,7-8,10H2,(H,19,21)(H,22,23). The van der Waals surface area contributed by atoms with E-state index in [0.717, 1.165) is 9.32 Å². The second-order valence-corrected chi connectivity index (χ2v) is 9.95. The van der Waals surface area contributed by atoms with Crippen LogP contribution >= 0.6 is 34.4 Å². The number of benzene rings is 2. The van der Waals surface area contributed by atoms with Crippen molar-refractivity contribution < 1.29 is 23.1 Å². The lowest BCUT2D eigenvalue weighted by Crippen LogP contribution is -2.28. The number of nitrogens with one attached hydrogen (secondary N) is 1. The van der Waals surface area contributed by atoms with E-state index < -0.39 is 21.9 Å². The van der Waals surface area contributed by atoms with Crippen molar-refractivity contribution in [2.75, 3.05) is 23.5 Å². The molecule has 1 aliphatic rings. The summed E-state index contributed by atoms with van der Waals surface area (Å²) in [7, 11) is -3.56. The number of carbonyl (C=O) groups excluding carboxylic acids is 1. The summed E-state index contributed by atoms with van der Waals surface area (Å²) in [4.78, 5) is 23.9. The molecule has 2 N–H and O–H groups in total. The summed E-state index contributed by atoms with van der Waals surface area (Å²) in [5.41, 5.74) is 0.402. The number of anilines is 1. The molecule has 1 aliphatic heterocycles. The van der Waals surface area contributed by atoms with E-state index in [0.29, 0.717) is 12.4 Å².